The summed E-state index contributed by atoms with van der Waals surface area (Å²) in [4.78, 5) is 0. The van der Waals surface area contributed by atoms with E-state index < -0.39 is 29.3 Å². The van der Waals surface area contributed by atoms with Crippen molar-refractivity contribution in [2.24, 2.45) is 11.3 Å². The molecule has 0 amide bonds. The highest BCUT2D eigenvalue weighted by Crippen LogP contribution is 2.63. The summed E-state index contributed by atoms with van der Waals surface area (Å²) in [6.07, 6.45) is -1.62. The largest absolute Gasteiger partial charge is 0.504 e. The van der Waals surface area contributed by atoms with Gasteiger partial charge in [-0.1, -0.05) is 6.92 Å². The molecular formula is C18H24O6. The number of aliphatic hydroxyl groups excluding tert-OH is 3. The van der Waals surface area contributed by atoms with Crippen LogP contribution in [0.1, 0.15) is 43.2 Å². The topological polar surface area (TPSA) is 121 Å². The molecule has 0 saturated heterocycles. The SMILES string of the molecule is C[C@]12CCC3c4cc(O)c(O)cc4CCC3[C@@]1(O)[C@H](O)[C@H](O)[C@H]2O. The lowest BCUT2D eigenvalue weighted by molar-refractivity contribution is -0.199. The van der Waals surface area contributed by atoms with E-state index >= 15 is 0 Å². The Kier molecular flexibility index (Phi) is 3.26. The van der Waals surface area contributed by atoms with Crippen molar-refractivity contribution in [3.8, 4) is 11.5 Å². The monoisotopic (exact) mass is 336 g/mol. The zero-order valence-corrected chi connectivity index (χ0v) is 13.6. The van der Waals surface area contributed by atoms with E-state index in [1.165, 1.54) is 0 Å². The zero-order chi connectivity index (χ0) is 17.4. The molecule has 0 aliphatic heterocycles. The molecule has 6 heteroatoms. The number of aliphatic hydroxyl groups is 4. The van der Waals surface area contributed by atoms with Crippen LogP contribution in [0.15, 0.2) is 12.1 Å². The van der Waals surface area contributed by atoms with Gasteiger partial charge in [0, 0.05) is 5.41 Å². The van der Waals surface area contributed by atoms with E-state index in [1.54, 1.807) is 19.1 Å². The number of aryl methyl sites for hydroxylation is 1. The number of aromatic hydroxyl groups is 2. The number of phenols is 2. The number of phenolic OH excluding ortho intramolecular Hbond substituents is 2. The molecular weight excluding hydrogens is 312 g/mol. The van der Waals surface area contributed by atoms with E-state index in [0.717, 1.165) is 11.1 Å². The molecule has 0 radical (unpaired) electrons. The van der Waals surface area contributed by atoms with Crippen LogP contribution in [0.3, 0.4) is 0 Å². The van der Waals surface area contributed by atoms with E-state index in [-0.39, 0.29) is 23.3 Å². The van der Waals surface area contributed by atoms with Crippen LogP contribution in [0.25, 0.3) is 0 Å². The van der Waals surface area contributed by atoms with Gasteiger partial charge in [-0.3, -0.25) is 0 Å². The average molecular weight is 336 g/mol. The summed E-state index contributed by atoms with van der Waals surface area (Å²) < 4.78 is 0. The van der Waals surface area contributed by atoms with Gasteiger partial charge in [0.05, 0.1) is 6.10 Å². The van der Waals surface area contributed by atoms with E-state index in [4.69, 9.17) is 0 Å². The lowest BCUT2D eigenvalue weighted by Crippen LogP contribution is -2.62. The van der Waals surface area contributed by atoms with E-state index in [0.29, 0.717) is 25.7 Å². The summed E-state index contributed by atoms with van der Waals surface area (Å²) in [6.45, 7) is 1.73. The quantitative estimate of drug-likeness (QED) is 0.381. The molecule has 132 valence electrons. The van der Waals surface area contributed by atoms with E-state index in [9.17, 15) is 30.6 Å². The molecule has 0 aromatic heterocycles. The number of hydrogen-bond donors (Lipinski definition) is 6. The van der Waals surface area contributed by atoms with E-state index in [2.05, 4.69) is 0 Å². The van der Waals surface area contributed by atoms with Gasteiger partial charge in [-0.25, -0.2) is 0 Å². The molecule has 0 spiro atoms. The van der Waals surface area contributed by atoms with Crippen molar-refractivity contribution < 1.29 is 30.6 Å². The van der Waals surface area contributed by atoms with Crippen LogP contribution in [0.2, 0.25) is 0 Å². The molecule has 4 rings (SSSR count). The highest BCUT2D eigenvalue weighted by Gasteiger charge is 2.71. The number of hydrogen-bond acceptors (Lipinski definition) is 6. The fourth-order valence-electron chi connectivity index (χ4n) is 5.64. The minimum absolute atomic E-state index is 0.0922. The summed E-state index contributed by atoms with van der Waals surface area (Å²) in [7, 11) is 0. The number of fused-ring (bicyclic) bond motifs is 5. The first-order valence-electron chi connectivity index (χ1n) is 8.53. The van der Waals surface area contributed by atoms with Gasteiger partial charge in [0.15, 0.2) is 11.5 Å². The van der Waals surface area contributed by atoms with Crippen LogP contribution in [-0.2, 0) is 6.42 Å². The van der Waals surface area contributed by atoms with Crippen molar-refractivity contribution in [1.82, 2.24) is 0 Å². The Bertz CT molecular complexity index is 690. The average Bonchev–Trinajstić information content (AvgIpc) is 2.69. The first-order valence-corrected chi connectivity index (χ1v) is 8.53. The summed E-state index contributed by atoms with van der Waals surface area (Å²) in [5, 5.41) is 62.1. The van der Waals surface area contributed by atoms with Crippen molar-refractivity contribution in [2.75, 3.05) is 0 Å². The van der Waals surface area contributed by atoms with Crippen LogP contribution >= 0.6 is 0 Å². The molecule has 0 bridgehead atoms. The fraction of sp³-hybridized carbons (Fsp3) is 0.667. The molecule has 1 aromatic carbocycles. The summed E-state index contributed by atoms with van der Waals surface area (Å²) >= 11 is 0. The molecule has 7 atom stereocenters. The minimum atomic E-state index is -1.58. The Balaban J connectivity index is 1.82. The molecule has 6 nitrogen and oxygen atoms in total. The molecule has 24 heavy (non-hydrogen) atoms. The Labute approximate surface area is 140 Å². The van der Waals surface area contributed by atoms with Crippen molar-refractivity contribution in [3.63, 3.8) is 0 Å². The van der Waals surface area contributed by atoms with Gasteiger partial charge in [0.2, 0.25) is 0 Å². The summed E-state index contributed by atoms with van der Waals surface area (Å²) in [6, 6.07) is 3.11. The molecule has 1 aromatic rings. The van der Waals surface area contributed by atoms with Crippen molar-refractivity contribution in [3.05, 3.63) is 23.3 Å². The van der Waals surface area contributed by atoms with Gasteiger partial charge in [-0.2, -0.15) is 0 Å². The molecule has 3 aliphatic carbocycles. The zero-order valence-electron chi connectivity index (χ0n) is 13.6. The van der Waals surface area contributed by atoms with Gasteiger partial charge in [0.1, 0.15) is 17.8 Å². The maximum atomic E-state index is 11.4. The second kappa shape index (κ2) is 4.85. The second-order valence-corrected chi connectivity index (χ2v) is 7.95. The third-order valence-electron chi connectivity index (χ3n) is 7.05. The molecule has 3 aliphatic rings. The maximum absolute atomic E-state index is 11.4. The Morgan fingerprint density at radius 3 is 2.38 bits per heavy atom. The summed E-state index contributed by atoms with van der Waals surface area (Å²) in [5.41, 5.74) is -0.740. The Hall–Kier alpha value is -1.34. The molecule has 6 N–H and O–H groups in total. The maximum Gasteiger partial charge on any atom is 0.157 e. The van der Waals surface area contributed by atoms with Crippen LogP contribution in [0, 0.1) is 11.3 Å². The van der Waals surface area contributed by atoms with Gasteiger partial charge in [-0.15, -0.1) is 0 Å². The first kappa shape index (κ1) is 16.1. The minimum Gasteiger partial charge on any atom is -0.504 e. The van der Waals surface area contributed by atoms with Crippen molar-refractivity contribution in [2.45, 2.75) is 62.4 Å². The standard InChI is InChI=1S/C18H24O6/c1-17-5-4-9-10-7-13(20)12(19)6-8(10)2-3-11(9)18(17,24)16(23)14(21)15(17)22/h6-7,9,11,14-16,19-24H,2-5H2,1H3/t9?,11?,14-,15-,16-,17-,18-/m1/s1. The third kappa shape index (κ3) is 1.69. The molecule has 2 saturated carbocycles. The lowest BCUT2D eigenvalue weighted by atomic mass is 9.52. The number of benzene rings is 1. The Morgan fingerprint density at radius 1 is 1.00 bits per heavy atom. The predicted molar refractivity (Wildman–Crippen MR) is 84.6 cm³/mol. The van der Waals surface area contributed by atoms with Crippen LogP contribution < -0.4 is 0 Å². The summed E-state index contributed by atoms with van der Waals surface area (Å²) in [5.74, 6) is -0.764. The van der Waals surface area contributed by atoms with Crippen molar-refractivity contribution in [1.29, 1.82) is 0 Å². The van der Waals surface area contributed by atoms with Crippen LogP contribution in [0.4, 0.5) is 0 Å². The second-order valence-electron chi connectivity index (χ2n) is 7.95. The van der Waals surface area contributed by atoms with Gasteiger partial charge in [-0.05, 0) is 60.8 Å². The van der Waals surface area contributed by atoms with Crippen molar-refractivity contribution >= 4 is 0 Å². The highest BCUT2D eigenvalue weighted by atomic mass is 16.4. The Morgan fingerprint density at radius 2 is 1.67 bits per heavy atom. The molecule has 0 heterocycles. The number of rotatable bonds is 0. The molecule has 2 unspecified atom stereocenters. The van der Waals surface area contributed by atoms with Crippen LogP contribution in [-0.4, -0.2) is 54.6 Å². The van der Waals surface area contributed by atoms with Gasteiger partial charge < -0.3 is 30.6 Å². The highest BCUT2D eigenvalue weighted by molar-refractivity contribution is 5.49. The smallest absolute Gasteiger partial charge is 0.157 e. The fourth-order valence-corrected chi connectivity index (χ4v) is 5.64. The first-order chi connectivity index (χ1) is 11.2. The lowest BCUT2D eigenvalue weighted by Gasteiger charge is -2.55. The van der Waals surface area contributed by atoms with Gasteiger partial charge in [0.25, 0.3) is 0 Å². The van der Waals surface area contributed by atoms with E-state index in [1.807, 2.05) is 0 Å². The predicted octanol–water partition coefficient (Wildman–Crippen LogP) is 0.371. The normalized spacial score (nSPS) is 47.0. The third-order valence-corrected chi connectivity index (χ3v) is 7.05. The van der Waals surface area contributed by atoms with Gasteiger partial charge >= 0.3 is 0 Å². The molecule has 2 fully saturated rings. The van der Waals surface area contributed by atoms with Crippen LogP contribution in [0.5, 0.6) is 11.5 Å².